The molecule has 20 heavy (non-hydrogen) atoms. The fourth-order valence-corrected chi connectivity index (χ4v) is 3.00. The molecule has 1 N–H and O–H groups in total. The molecule has 0 unspecified atom stereocenters. The number of ether oxygens (including phenoxy) is 1. The zero-order valence-electron chi connectivity index (χ0n) is 11.5. The Hall–Kier alpha value is -2.04. The van der Waals surface area contributed by atoms with Gasteiger partial charge in [0.2, 0.25) is 0 Å². The number of hydrogen-bond acceptors (Lipinski definition) is 3. The van der Waals surface area contributed by atoms with E-state index in [4.69, 9.17) is 4.74 Å². The van der Waals surface area contributed by atoms with Crippen molar-refractivity contribution in [2.24, 2.45) is 0 Å². The Bertz CT molecular complexity index is 548. The first kappa shape index (κ1) is 13.0. The van der Waals surface area contributed by atoms with Crippen molar-refractivity contribution in [3.63, 3.8) is 0 Å². The van der Waals surface area contributed by atoms with Crippen LogP contribution < -0.4 is 10.1 Å². The fraction of sp³-hybridized carbons (Fsp3) is 0.467. The van der Waals surface area contributed by atoms with E-state index >= 15 is 0 Å². The second-order valence-corrected chi connectivity index (χ2v) is 5.42. The molecule has 3 rings (SSSR count). The van der Waals surface area contributed by atoms with E-state index < -0.39 is 5.60 Å². The number of rotatable bonds is 0. The van der Waals surface area contributed by atoms with E-state index in [0.29, 0.717) is 43.7 Å². The zero-order chi connectivity index (χ0) is 14.2. The van der Waals surface area contributed by atoms with Crippen molar-refractivity contribution < 1.29 is 14.3 Å². The molecule has 2 amide bonds. The van der Waals surface area contributed by atoms with Gasteiger partial charge in [0, 0.05) is 33.0 Å². The number of ketones is 1. The lowest BCUT2D eigenvalue weighted by Crippen LogP contribution is -2.53. The third kappa shape index (κ3) is 2.13. The smallest absolute Gasteiger partial charge is 0.317 e. The van der Waals surface area contributed by atoms with Crippen LogP contribution in [-0.2, 0) is 0 Å². The highest BCUT2D eigenvalue weighted by Gasteiger charge is 2.43. The van der Waals surface area contributed by atoms with Crippen LogP contribution in [0.5, 0.6) is 5.75 Å². The van der Waals surface area contributed by atoms with Crippen LogP contribution in [0, 0.1) is 0 Å². The number of para-hydroxylation sites is 1. The predicted octanol–water partition coefficient (Wildman–Crippen LogP) is 1.83. The lowest BCUT2D eigenvalue weighted by atomic mass is 9.82. The summed E-state index contributed by atoms with van der Waals surface area (Å²) >= 11 is 0. The van der Waals surface area contributed by atoms with Crippen LogP contribution in [0.25, 0.3) is 0 Å². The highest BCUT2D eigenvalue weighted by molar-refractivity contribution is 6.00. The number of likely N-dealkylation sites (tertiary alicyclic amines) is 1. The summed E-state index contributed by atoms with van der Waals surface area (Å²) in [5.41, 5.74) is 0.238. The molecule has 1 aromatic rings. The molecule has 0 radical (unpaired) electrons. The molecular formula is C15H18N2O3. The molecule has 1 spiro atoms. The largest absolute Gasteiger partial charge is 0.486 e. The summed E-state index contributed by atoms with van der Waals surface area (Å²) in [6, 6.07) is 7.32. The van der Waals surface area contributed by atoms with E-state index in [1.807, 2.05) is 24.3 Å². The van der Waals surface area contributed by atoms with Crippen molar-refractivity contribution in [1.29, 1.82) is 0 Å². The lowest BCUT2D eigenvalue weighted by molar-refractivity contribution is -0.000525. The van der Waals surface area contributed by atoms with Crippen LogP contribution >= 0.6 is 0 Å². The molecule has 1 saturated heterocycles. The van der Waals surface area contributed by atoms with Gasteiger partial charge in [-0.05, 0) is 12.1 Å². The van der Waals surface area contributed by atoms with E-state index in [1.54, 1.807) is 11.9 Å². The molecule has 1 fully saturated rings. The van der Waals surface area contributed by atoms with Gasteiger partial charge in [-0.15, -0.1) is 0 Å². The fourth-order valence-electron chi connectivity index (χ4n) is 3.00. The summed E-state index contributed by atoms with van der Waals surface area (Å²) in [4.78, 5) is 25.6. The van der Waals surface area contributed by atoms with Gasteiger partial charge in [0.15, 0.2) is 5.78 Å². The Morgan fingerprint density at radius 1 is 1.30 bits per heavy atom. The van der Waals surface area contributed by atoms with E-state index in [-0.39, 0.29) is 11.8 Å². The number of carbonyl (C=O) groups is 2. The van der Waals surface area contributed by atoms with Crippen molar-refractivity contribution in [1.82, 2.24) is 10.2 Å². The van der Waals surface area contributed by atoms with Gasteiger partial charge in [0.05, 0.1) is 12.0 Å². The molecule has 0 atom stereocenters. The Balaban J connectivity index is 1.77. The standard InChI is InChI=1S/C15H18N2O3/c1-16-14(19)17-8-6-15(7-9-17)10-12(18)11-4-2-3-5-13(11)20-15/h2-5H,6-10H2,1H3,(H,16,19). The summed E-state index contributed by atoms with van der Waals surface area (Å²) < 4.78 is 6.11. The number of nitrogens with one attached hydrogen (secondary N) is 1. The zero-order valence-corrected chi connectivity index (χ0v) is 11.5. The lowest BCUT2D eigenvalue weighted by Gasteiger charge is -2.43. The molecule has 0 bridgehead atoms. The summed E-state index contributed by atoms with van der Waals surface area (Å²) in [5, 5.41) is 2.63. The molecule has 2 heterocycles. The van der Waals surface area contributed by atoms with Crippen molar-refractivity contribution in [2.75, 3.05) is 20.1 Å². The second-order valence-electron chi connectivity index (χ2n) is 5.42. The number of Topliss-reactive ketones (excluding diaryl/α,β-unsaturated/α-hetero) is 1. The number of benzene rings is 1. The van der Waals surface area contributed by atoms with Crippen LogP contribution in [-0.4, -0.2) is 42.5 Å². The molecule has 2 aliphatic heterocycles. The molecule has 5 nitrogen and oxygen atoms in total. The minimum absolute atomic E-state index is 0.0672. The molecule has 0 aliphatic carbocycles. The van der Waals surface area contributed by atoms with Gasteiger partial charge in [-0.2, -0.15) is 0 Å². The van der Waals surface area contributed by atoms with Crippen LogP contribution in [0.4, 0.5) is 4.79 Å². The van der Waals surface area contributed by atoms with Crippen LogP contribution in [0.15, 0.2) is 24.3 Å². The van der Waals surface area contributed by atoms with Gasteiger partial charge in [-0.1, -0.05) is 12.1 Å². The number of amides is 2. The first-order valence-electron chi connectivity index (χ1n) is 6.91. The van der Waals surface area contributed by atoms with Gasteiger partial charge in [-0.3, -0.25) is 4.79 Å². The maximum atomic E-state index is 12.3. The Morgan fingerprint density at radius 2 is 2.00 bits per heavy atom. The highest BCUT2D eigenvalue weighted by atomic mass is 16.5. The average molecular weight is 274 g/mol. The third-order valence-electron chi connectivity index (χ3n) is 4.17. The maximum absolute atomic E-state index is 12.3. The van der Waals surface area contributed by atoms with Crippen LogP contribution in [0.1, 0.15) is 29.6 Å². The predicted molar refractivity (Wildman–Crippen MR) is 74.0 cm³/mol. The number of piperidine rings is 1. The van der Waals surface area contributed by atoms with E-state index in [2.05, 4.69) is 5.32 Å². The number of nitrogens with zero attached hydrogens (tertiary/aromatic N) is 1. The highest BCUT2D eigenvalue weighted by Crippen LogP contribution is 2.39. The first-order valence-corrected chi connectivity index (χ1v) is 6.91. The van der Waals surface area contributed by atoms with Crippen molar-refractivity contribution in [2.45, 2.75) is 24.9 Å². The average Bonchev–Trinajstić information content (AvgIpc) is 2.47. The van der Waals surface area contributed by atoms with Crippen LogP contribution in [0.3, 0.4) is 0 Å². The summed E-state index contributed by atoms with van der Waals surface area (Å²) in [7, 11) is 1.63. The Kier molecular flexibility index (Phi) is 3.12. The molecular weight excluding hydrogens is 256 g/mol. The first-order chi connectivity index (χ1) is 9.63. The monoisotopic (exact) mass is 274 g/mol. The summed E-state index contributed by atoms with van der Waals surface area (Å²) in [6.45, 7) is 1.24. The summed E-state index contributed by atoms with van der Waals surface area (Å²) in [6.07, 6.45) is 1.80. The minimum atomic E-state index is -0.435. The molecule has 5 heteroatoms. The van der Waals surface area contributed by atoms with Gasteiger partial charge in [-0.25, -0.2) is 4.79 Å². The third-order valence-corrected chi connectivity index (χ3v) is 4.17. The summed E-state index contributed by atoms with van der Waals surface area (Å²) in [5.74, 6) is 0.817. The van der Waals surface area contributed by atoms with Gasteiger partial charge in [0.25, 0.3) is 0 Å². The second kappa shape index (κ2) is 4.81. The number of fused-ring (bicyclic) bond motifs is 1. The molecule has 0 aromatic heterocycles. The molecule has 2 aliphatic rings. The van der Waals surface area contributed by atoms with E-state index in [0.717, 1.165) is 0 Å². The minimum Gasteiger partial charge on any atom is -0.486 e. The molecule has 0 saturated carbocycles. The maximum Gasteiger partial charge on any atom is 0.317 e. The Morgan fingerprint density at radius 3 is 2.70 bits per heavy atom. The van der Waals surface area contributed by atoms with Crippen molar-refractivity contribution in [3.05, 3.63) is 29.8 Å². The topological polar surface area (TPSA) is 58.6 Å². The molecule has 1 aromatic carbocycles. The quantitative estimate of drug-likeness (QED) is 0.785. The van der Waals surface area contributed by atoms with E-state index in [1.165, 1.54) is 0 Å². The van der Waals surface area contributed by atoms with Crippen molar-refractivity contribution >= 4 is 11.8 Å². The van der Waals surface area contributed by atoms with E-state index in [9.17, 15) is 9.59 Å². The number of hydrogen-bond donors (Lipinski definition) is 1. The number of urea groups is 1. The number of carbonyl (C=O) groups excluding carboxylic acids is 2. The molecule has 106 valence electrons. The van der Waals surface area contributed by atoms with Crippen molar-refractivity contribution in [3.8, 4) is 5.75 Å². The van der Waals surface area contributed by atoms with Gasteiger partial charge in [0.1, 0.15) is 11.4 Å². The van der Waals surface area contributed by atoms with Gasteiger partial charge < -0.3 is 15.0 Å². The Labute approximate surface area is 117 Å². The normalized spacial score (nSPS) is 20.2. The van der Waals surface area contributed by atoms with Crippen LogP contribution in [0.2, 0.25) is 0 Å². The van der Waals surface area contributed by atoms with Gasteiger partial charge >= 0.3 is 6.03 Å². The SMILES string of the molecule is CNC(=O)N1CCC2(CC1)CC(=O)c1ccccc1O2.